The third-order valence-electron chi connectivity index (χ3n) is 3.80. The summed E-state index contributed by atoms with van der Waals surface area (Å²) < 4.78 is 5.33. The van der Waals surface area contributed by atoms with Crippen LogP contribution in [0.15, 0.2) is 0 Å². The minimum absolute atomic E-state index is 0.102. The number of hydrogen-bond acceptors (Lipinski definition) is 3. The average molecular weight is 255 g/mol. The Morgan fingerprint density at radius 2 is 2.06 bits per heavy atom. The van der Waals surface area contributed by atoms with Crippen LogP contribution in [0, 0.1) is 11.3 Å². The molecule has 0 aromatic rings. The number of nitrogens with zero attached hydrogens (tertiary/aromatic N) is 1. The Labute approximate surface area is 107 Å². The third-order valence-corrected chi connectivity index (χ3v) is 3.80. The van der Waals surface area contributed by atoms with E-state index in [-0.39, 0.29) is 12.0 Å². The Morgan fingerprint density at radius 3 is 2.61 bits per heavy atom. The van der Waals surface area contributed by atoms with Gasteiger partial charge in [-0.3, -0.25) is 4.79 Å². The molecule has 1 saturated heterocycles. The molecule has 18 heavy (non-hydrogen) atoms. The molecule has 2 unspecified atom stereocenters. The molecule has 2 aliphatic rings. The maximum Gasteiger partial charge on any atom is 0.410 e. The van der Waals surface area contributed by atoms with E-state index in [1.165, 1.54) is 0 Å². The molecular weight excluding hydrogens is 234 g/mol. The average Bonchev–Trinajstić information content (AvgIpc) is 2.86. The van der Waals surface area contributed by atoms with E-state index in [2.05, 4.69) is 0 Å². The van der Waals surface area contributed by atoms with E-state index < -0.39 is 17.0 Å². The molecular formula is C13H21NO4. The first-order chi connectivity index (χ1) is 8.24. The summed E-state index contributed by atoms with van der Waals surface area (Å²) in [6.45, 7) is 6.62. The van der Waals surface area contributed by atoms with Crippen LogP contribution in [0.2, 0.25) is 0 Å². The number of carboxylic acid groups (broad SMARTS) is 1. The summed E-state index contributed by atoms with van der Waals surface area (Å²) in [5.74, 6) is -0.608. The third kappa shape index (κ3) is 2.44. The number of carbonyl (C=O) groups excluding carboxylic acids is 1. The highest BCUT2D eigenvalue weighted by atomic mass is 16.6. The van der Waals surface area contributed by atoms with Crippen molar-refractivity contribution in [2.24, 2.45) is 11.3 Å². The van der Waals surface area contributed by atoms with Crippen LogP contribution in [0.1, 0.15) is 40.0 Å². The predicted octanol–water partition coefficient (Wildman–Crippen LogP) is 2.11. The predicted molar refractivity (Wildman–Crippen MR) is 65.2 cm³/mol. The van der Waals surface area contributed by atoms with E-state index in [0.717, 1.165) is 6.42 Å². The van der Waals surface area contributed by atoms with Crippen molar-refractivity contribution in [1.82, 2.24) is 4.90 Å². The highest BCUT2D eigenvalue weighted by molar-refractivity contribution is 5.79. The van der Waals surface area contributed by atoms with E-state index in [9.17, 15) is 14.7 Å². The van der Waals surface area contributed by atoms with Gasteiger partial charge in [0.05, 0.1) is 5.41 Å². The summed E-state index contributed by atoms with van der Waals surface area (Å²) in [6.07, 6.45) is 1.78. The van der Waals surface area contributed by atoms with Gasteiger partial charge in [0.15, 0.2) is 0 Å². The van der Waals surface area contributed by atoms with Crippen molar-refractivity contribution in [1.29, 1.82) is 0 Å². The van der Waals surface area contributed by atoms with E-state index in [1.54, 1.807) is 4.90 Å². The van der Waals surface area contributed by atoms with Gasteiger partial charge < -0.3 is 14.7 Å². The molecule has 0 radical (unpaired) electrons. The molecule has 0 spiro atoms. The number of carboxylic acids is 1. The zero-order valence-corrected chi connectivity index (χ0v) is 11.2. The smallest absolute Gasteiger partial charge is 0.410 e. The molecule has 1 aliphatic carbocycles. The molecule has 2 rings (SSSR count). The van der Waals surface area contributed by atoms with E-state index in [4.69, 9.17) is 4.74 Å². The maximum atomic E-state index is 12.0. The van der Waals surface area contributed by atoms with Crippen molar-refractivity contribution in [2.75, 3.05) is 13.1 Å². The van der Waals surface area contributed by atoms with Gasteiger partial charge in [-0.1, -0.05) is 0 Å². The summed E-state index contributed by atoms with van der Waals surface area (Å²) in [5.41, 5.74) is -1.06. The largest absolute Gasteiger partial charge is 0.481 e. The Hall–Kier alpha value is -1.26. The number of aliphatic carboxylic acids is 1. The van der Waals surface area contributed by atoms with Gasteiger partial charge >= 0.3 is 12.1 Å². The van der Waals surface area contributed by atoms with Crippen LogP contribution < -0.4 is 0 Å². The molecule has 2 atom stereocenters. The Kier molecular flexibility index (Phi) is 3.03. The van der Waals surface area contributed by atoms with Gasteiger partial charge in [0.25, 0.3) is 0 Å². The second-order valence-corrected chi connectivity index (χ2v) is 6.39. The molecule has 1 amide bonds. The molecule has 0 aromatic carbocycles. The number of hydrogen-bond donors (Lipinski definition) is 1. The van der Waals surface area contributed by atoms with Gasteiger partial charge in [-0.05, 0) is 46.0 Å². The molecule has 0 bridgehead atoms. The lowest BCUT2D eigenvalue weighted by atomic mass is 9.98. The van der Waals surface area contributed by atoms with Crippen LogP contribution in [0.3, 0.4) is 0 Å². The van der Waals surface area contributed by atoms with Crippen molar-refractivity contribution in [3.63, 3.8) is 0 Å². The Bertz CT molecular complexity index is 374. The summed E-state index contributed by atoms with van der Waals surface area (Å²) in [6, 6.07) is 0. The van der Waals surface area contributed by atoms with Gasteiger partial charge in [-0.2, -0.15) is 0 Å². The zero-order valence-electron chi connectivity index (χ0n) is 11.2. The topological polar surface area (TPSA) is 66.8 Å². The number of amides is 1. The lowest BCUT2D eigenvalue weighted by molar-refractivity contribution is -0.144. The monoisotopic (exact) mass is 255 g/mol. The van der Waals surface area contributed by atoms with Crippen LogP contribution in [-0.2, 0) is 9.53 Å². The lowest BCUT2D eigenvalue weighted by Gasteiger charge is -2.26. The molecule has 1 heterocycles. The summed E-state index contributed by atoms with van der Waals surface area (Å²) in [4.78, 5) is 24.9. The van der Waals surface area contributed by atoms with Gasteiger partial charge in [0.1, 0.15) is 5.60 Å². The van der Waals surface area contributed by atoms with Crippen LogP contribution in [-0.4, -0.2) is 40.8 Å². The molecule has 0 aromatic heterocycles. The minimum atomic E-state index is -0.710. The SMILES string of the molecule is CC(C)(C)OC(=O)N1CCCC2(C(=O)O)CC2C1. The van der Waals surface area contributed by atoms with E-state index in [1.807, 2.05) is 20.8 Å². The van der Waals surface area contributed by atoms with Crippen molar-refractivity contribution in [2.45, 2.75) is 45.6 Å². The highest BCUT2D eigenvalue weighted by Crippen LogP contribution is 2.57. The Morgan fingerprint density at radius 1 is 1.39 bits per heavy atom. The van der Waals surface area contributed by atoms with Crippen molar-refractivity contribution in [3.05, 3.63) is 0 Å². The van der Waals surface area contributed by atoms with Crippen LogP contribution in [0.5, 0.6) is 0 Å². The molecule has 102 valence electrons. The first kappa shape index (κ1) is 13.2. The molecule has 1 N–H and O–H groups in total. The first-order valence-electron chi connectivity index (χ1n) is 6.46. The normalized spacial score (nSPS) is 31.3. The van der Waals surface area contributed by atoms with Crippen molar-refractivity contribution in [3.8, 4) is 0 Å². The second kappa shape index (κ2) is 4.14. The van der Waals surface area contributed by atoms with Crippen molar-refractivity contribution < 1.29 is 19.4 Å². The molecule has 5 nitrogen and oxygen atoms in total. The van der Waals surface area contributed by atoms with Crippen LogP contribution in [0.4, 0.5) is 4.79 Å². The van der Waals surface area contributed by atoms with Gasteiger partial charge in [0.2, 0.25) is 0 Å². The molecule has 1 saturated carbocycles. The Balaban J connectivity index is 1.98. The van der Waals surface area contributed by atoms with Crippen LogP contribution in [0.25, 0.3) is 0 Å². The van der Waals surface area contributed by atoms with Gasteiger partial charge in [-0.25, -0.2) is 4.79 Å². The van der Waals surface area contributed by atoms with Crippen molar-refractivity contribution >= 4 is 12.1 Å². The standard InChI is InChI=1S/C13H21NO4/c1-12(2,3)18-11(17)14-6-4-5-13(10(15)16)7-9(13)8-14/h9H,4-8H2,1-3H3,(H,15,16). The fraction of sp³-hybridized carbons (Fsp3) is 0.846. The highest BCUT2D eigenvalue weighted by Gasteiger charge is 2.61. The van der Waals surface area contributed by atoms with Gasteiger partial charge in [0, 0.05) is 13.1 Å². The van der Waals surface area contributed by atoms with E-state index >= 15 is 0 Å². The number of likely N-dealkylation sites (tertiary alicyclic amines) is 1. The number of rotatable bonds is 1. The number of carbonyl (C=O) groups is 2. The second-order valence-electron chi connectivity index (χ2n) is 6.39. The van der Waals surface area contributed by atoms with Crippen LogP contribution >= 0.6 is 0 Å². The quantitative estimate of drug-likeness (QED) is 0.779. The number of fused-ring (bicyclic) bond motifs is 1. The zero-order chi connectivity index (χ0) is 13.6. The molecule has 5 heteroatoms. The summed E-state index contributed by atoms with van der Waals surface area (Å²) in [5, 5.41) is 9.24. The minimum Gasteiger partial charge on any atom is -0.481 e. The summed E-state index contributed by atoms with van der Waals surface area (Å²) >= 11 is 0. The van der Waals surface area contributed by atoms with E-state index in [0.29, 0.717) is 25.9 Å². The first-order valence-corrected chi connectivity index (χ1v) is 6.46. The molecule has 2 fully saturated rings. The maximum absolute atomic E-state index is 12.0. The number of ether oxygens (including phenoxy) is 1. The lowest BCUT2D eigenvalue weighted by Crippen LogP contribution is -2.38. The fourth-order valence-electron chi connectivity index (χ4n) is 2.73. The van der Waals surface area contributed by atoms with Gasteiger partial charge in [-0.15, -0.1) is 0 Å². The summed E-state index contributed by atoms with van der Waals surface area (Å²) in [7, 11) is 0. The molecule has 1 aliphatic heterocycles. The fourth-order valence-corrected chi connectivity index (χ4v) is 2.73.